The van der Waals surface area contributed by atoms with Gasteiger partial charge in [-0.2, -0.15) is 18.4 Å². The molecule has 1 saturated heterocycles. The van der Waals surface area contributed by atoms with Crippen molar-refractivity contribution < 1.29 is 32.3 Å². The first-order valence-corrected chi connectivity index (χ1v) is 15.3. The van der Waals surface area contributed by atoms with Crippen LogP contribution in [0.1, 0.15) is 23.2 Å². The number of rotatable bonds is 9. The van der Waals surface area contributed by atoms with Crippen LogP contribution in [0.15, 0.2) is 36.4 Å². The van der Waals surface area contributed by atoms with Crippen LogP contribution in [-0.2, 0) is 15.8 Å². The molecule has 2 aliphatic rings. The molecule has 47 heavy (non-hydrogen) atoms. The Morgan fingerprint density at radius 3 is 2.51 bits per heavy atom. The van der Waals surface area contributed by atoms with Crippen molar-refractivity contribution in [3.05, 3.63) is 59.1 Å². The third-order valence-electron chi connectivity index (χ3n) is 8.15. The summed E-state index contributed by atoms with van der Waals surface area (Å²) in [5.41, 5.74) is -1.13. The van der Waals surface area contributed by atoms with Crippen molar-refractivity contribution in [2.75, 3.05) is 88.6 Å². The van der Waals surface area contributed by atoms with Crippen LogP contribution in [0.2, 0.25) is 0 Å². The van der Waals surface area contributed by atoms with Crippen molar-refractivity contribution in [1.29, 1.82) is 5.26 Å². The van der Waals surface area contributed by atoms with Crippen LogP contribution in [0.4, 0.5) is 34.8 Å². The first-order valence-electron chi connectivity index (χ1n) is 15.3. The number of aliphatic hydroxyl groups is 1. The molecule has 2 amide bonds. The number of anilines is 3. The maximum Gasteiger partial charge on any atom is 0.417 e. The van der Waals surface area contributed by atoms with Crippen LogP contribution in [0.5, 0.6) is 0 Å². The number of alkyl halides is 3. The van der Waals surface area contributed by atoms with Gasteiger partial charge in [-0.05, 0) is 51.7 Å². The van der Waals surface area contributed by atoms with Crippen LogP contribution in [0.3, 0.4) is 0 Å². The molecule has 0 unspecified atom stereocenters. The number of benzene rings is 1. The van der Waals surface area contributed by atoms with E-state index in [9.17, 15) is 37.5 Å². The fourth-order valence-electron chi connectivity index (χ4n) is 5.75. The van der Waals surface area contributed by atoms with Gasteiger partial charge in [0.15, 0.2) is 0 Å². The molecule has 254 valence electrons. The number of nitrogens with zero attached hydrogens (tertiary/aromatic N) is 7. The van der Waals surface area contributed by atoms with Gasteiger partial charge in [0.1, 0.15) is 29.3 Å². The van der Waals surface area contributed by atoms with E-state index in [1.54, 1.807) is 21.9 Å². The van der Waals surface area contributed by atoms with Crippen molar-refractivity contribution in [3.8, 4) is 6.07 Å². The molecule has 4 rings (SSSR count). The molecule has 1 aromatic heterocycles. The summed E-state index contributed by atoms with van der Waals surface area (Å²) in [7, 11) is 5.30. The molecule has 0 aliphatic carbocycles. The van der Waals surface area contributed by atoms with E-state index in [4.69, 9.17) is 0 Å². The molecule has 1 aromatic carbocycles. The standard InChI is InChI=1S/C32H40F4N8O3/c1-21-16-25(32(34,35)36)24(18-37)30(38-21)39-26-9-11-44(28-17-22(33)7-8-27(28)41(4)31(26)47)20-23(45)19-42-12-14-43(15-13-42)29(46)6-5-10-40(2)3/h5-8,16-17,23,26,45H,9-15,19-20H2,1-4H3,(H,38,39)/b6-5+/t23-,26+/m1/s1. The Labute approximate surface area is 271 Å². The van der Waals surface area contributed by atoms with Crippen LogP contribution >= 0.6 is 0 Å². The highest BCUT2D eigenvalue weighted by atomic mass is 19.4. The third kappa shape index (κ3) is 8.97. The molecule has 0 radical (unpaired) electrons. The van der Waals surface area contributed by atoms with Gasteiger partial charge in [0.05, 0.1) is 23.0 Å². The van der Waals surface area contributed by atoms with Gasteiger partial charge in [0, 0.05) is 71.2 Å². The average molecular weight is 661 g/mol. The average Bonchev–Trinajstić information content (AvgIpc) is 3.00. The van der Waals surface area contributed by atoms with E-state index >= 15 is 0 Å². The number of β-amino-alcohol motifs (C(OH)–C–C–N with tert-alkyl or cyclic N) is 1. The predicted octanol–water partition coefficient (Wildman–Crippen LogP) is 2.70. The number of hydrogen-bond donors (Lipinski definition) is 2. The number of carbonyl (C=O) groups is 2. The Kier molecular flexibility index (Phi) is 11.4. The first kappa shape index (κ1) is 35.6. The van der Waals surface area contributed by atoms with Crippen LogP contribution in [0.25, 0.3) is 0 Å². The summed E-state index contributed by atoms with van der Waals surface area (Å²) >= 11 is 0. The summed E-state index contributed by atoms with van der Waals surface area (Å²) in [5, 5.41) is 23.5. The number of amides is 2. The van der Waals surface area contributed by atoms with E-state index in [1.165, 1.54) is 37.1 Å². The van der Waals surface area contributed by atoms with Crippen molar-refractivity contribution in [2.45, 2.75) is 31.7 Å². The summed E-state index contributed by atoms with van der Waals surface area (Å²) in [5.74, 6) is -1.47. The Morgan fingerprint density at radius 2 is 1.87 bits per heavy atom. The van der Waals surface area contributed by atoms with Crippen molar-refractivity contribution >= 4 is 29.0 Å². The molecule has 2 aliphatic heterocycles. The van der Waals surface area contributed by atoms with Gasteiger partial charge < -0.3 is 30.0 Å². The minimum atomic E-state index is -4.81. The number of piperazine rings is 1. The number of hydrogen-bond acceptors (Lipinski definition) is 9. The third-order valence-corrected chi connectivity index (χ3v) is 8.15. The summed E-state index contributed by atoms with van der Waals surface area (Å²) < 4.78 is 55.7. The van der Waals surface area contributed by atoms with E-state index in [2.05, 4.69) is 10.3 Å². The maximum absolute atomic E-state index is 14.5. The van der Waals surface area contributed by atoms with Crippen molar-refractivity contribution in [2.24, 2.45) is 0 Å². The second kappa shape index (κ2) is 15.1. The molecule has 11 nitrogen and oxygen atoms in total. The highest BCUT2D eigenvalue weighted by Gasteiger charge is 2.37. The number of aliphatic hydroxyl groups excluding tert-OH is 1. The SMILES string of the molecule is Cc1cc(C(F)(F)F)c(C#N)c(N[C@H]2CCN(C[C@H](O)CN3CCN(C(=O)/C=C/CN(C)C)CC3)c3cc(F)ccc3N(C)C2=O)n1. The Bertz CT molecular complexity index is 1520. The zero-order chi connectivity index (χ0) is 34.5. The molecule has 2 N–H and O–H groups in total. The van der Waals surface area contributed by atoms with Gasteiger partial charge in [-0.25, -0.2) is 9.37 Å². The number of pyridine rings is 1. The number of halogens is 4. The lowest BCUT2D eigenvalue weighted by molar-refractivity contribution is -0.137. The minimum absolute atomic E-state index is 0.0158. The number of carbonyl (C=O) groups excluding carboxylic acids is 2. The minimum Gasteiger partial charge on any atom is -0.390 e. The highest BCUT2D eigenvalue weighted by Crippen LogP contribution is 2.36. The number of fused-ring (bicyclic) bond motifs is 1. The number of nitriles is 1. The van der Waals surface area contributed by atoms with E-state index in [0.29, 0.717) is 44.1 Å². The van der Waals surface area contributed by atoms with Gasteiger partial charge in [-0.15, -0.1) is 0 Å². The van der Waals surface area contributed by atoms with E-state index in [1.807, 2.05) is 30.0 Å². The van der Waals surface area contributed by atoms with Gasteiger partial charge >= 0.3 is 6.18 Å². The summed E-state index contributed by atoms with van der Waals surface area (Å²) in [4.78, 5) is 39.0. The molecule has 1 fully saturated rings. The summed E-state index contributed by atoms with van der Waals surface area (Å²) in [6.45, 7) is 4.64. The molecule has 3 heterocycles. The maximum atomic E-state index is 14.5. The monoisotopic (exact) mass is 660 g/mol. The fourth-order valence-corrected chi connectivity index (χ4v) is 5.75. The largest absolute Gasteiger partial charge is 0.417 e. The second-order valence-corrected chi connectivity index (χ2v) is 12.1. The molecule has 0 bridgehead atoms. The topological polar surface area (TPSA) is 119 Å². The zero-order valence-corrected chi connectivity index (χ0v) is 26.9. The first-order chi connectivity index (χ1) is 22.2. The molecule has 0 saturated carbocycles. The smallest absolute Gasteiger partial charge is 0.390 e. The van der Waals surface area contributed by atoms with Gasteiger partial charge in [0.2, 0.25) is 11.8 Å². The van der Waals surface area contributed by atoms with Crippen LogP contribution < -0.4 is 15.1 Å². The Hall–Kier alpha value is -4.26. The highest BCUT2D eigenvalue weighted by molar-refractivity contribution is 6.01. The predicted molar refractivity (Wildman–Crippen MR) is 169 cm³/mol. The second-order valence-electron chi connectivity index (χ2n) is 12.1. The number of likely N-dealkylation sites (N-methyl/N-ethyl adjacent to an activating group) is 2. The van der Waals surface area contributed by atoms with E-state index in [0.717, 1.165) is 6.07 Å². The lowest BCUT2D eigenvalue weighted by atomic mass is 10.0. The van der Waals surface area contributed by atoms with Gasteiger partial charge in [0.25, 0.3) is 0 Å². The molecule has 2 aromatic rings. The summed E-state index contributed by atoms with van der Waals surface area (Å²) in [6.07, 6.45) is -2.27. The quantitative estimate of drug-likeness (QED) is 0.309. The normalized spacial score (nSPS) is 18.6. The lowest BCUT2D eigenvalue weighted by Gasteiger charge is -2.38. The van der Waals surface area contributed by atoms with Crippen molar-refractivity contribution in [1.82, 2.24) is 19.7 Å². The van der Waals surface area contributed by atoms with Crippen molar-refractivity contribution in [3.63, 3.8) is 0 Å². The van der Waals surface area contributed by atoms with E-state index in [-0.39, 0.29) is 43.5 Å². The Balaban J connectivity index is 1.49. The zero-order valence-electron chi connectivity index (χ0n) is 26.9. The van der Waals surface area contributed by atoms with E-state index < -0.39 is 41.2 Å². The van der Waals surface area contributed by atoms with Gasteiger partial charge in [-0.3, -0.25) is 14.5 Å². The Morgan fingerprint density at radius 1 is 1.17 bits per heavy atom. The fraction of sp³-hybridized carbons (Fsp3) is 0.500. The van der Waals surface area contributed by atoms with Gasteiger partial charge in [-0.1, -0.05) is 6.08 Å². The number of aryl methyl sites for hydroxylation is 1. The van der Waals surface area contributed by atoms with Crippen LogP contribution in [-0.4, -0.2) is 122 Å². The summed E-state index contributed by atoms with van der Waals surface area (Å²) in [6, 6.07) is 5.18. The number of aromatic nitrogens is 1. The molecule has 2 atom stereocenters. The molecular formula is C32H40F4N8O3. The molecule has 15 heteroatoms. The molecule has 0 spiro atoms. The van der Waals surface area contributed by atoms with Crippen LogP contribution in [0, 0.1) is 24.1 Å². The lowest BCUT2D eigenvalue weighted by Crippen LogP contribution is -2.52. The molecular weight excluding hydrogens is 620 g/mol. The number of nitrogens with one attached hydrogen (secondary N) is 1.